The lowest BCUT2D eigenvalue weighted by Gasteiger charge is -2.53. The Morgan fingerprint density at radius 3 is 2.27 bits per heavy atom. The average molecular weight is 212 g/mol. The van der Waals surface area contributed by atoms with Gasteiger partial charge < -0.3 is 10.0 Å². The molecule has 0 aromatic heterocycles. The van der Waals surface area contributed by atoms with Crippen LogP contribution in [0.4, 0.5) is 0 Å². The molecule has 1 aliphatic carbocycles. The summed E-state index contributed by atoms with van der Waals surface area (Å²) in [6, 6.07) is 0. The maximum Gasteiger partial charge on any atom is 0.324 e. The predicted molar refractivity (Wildman–Crippen MR) is 57.8 cm³/mol. The largest absolute Gasteiger partial charge is 0.480 e. The van der Waals surface area contributed by atoms with Gasteiger partial charge in [0.15, 0.2) is 0 Å². The predicted octanol–water partition coefficient (Wildman–Crippen LogP) is 0.487. The quantitative estimate of drug-likeness (QED) is 0.723. The molecule has 1 saturated carbocycles. The van der Waals surface area contributed by atoms with Crippen molar-refractivity contribution in [2.24, 2.45) is 5.92 Å². The van der Waals surface area contributed by atoms with Crippen LogP contribution in [0.25, 0.3) is 0 Å². The van der Waals surface area contributed by atoms with Crippen LogP contribution in [0.2, 0.25) is 0 Å². The average Bonchev–Trinajstić information content (AvgIpc) is 2.19. The summed E-state index contributed by atoms with van der Waals surface area (Å²) in [7, 11) is 2.09. The molecule has 4 heteroatoms. The van der Waals surface area contributed by atoms with Crippen molar-refractivity contribution in [3.05, 3.63) is 0 Å². The van der Waals surface area contributed by atoms with Crippen molar-refractivity contribution < 1.29 is 9.90 Å². The van der Waals surface area contributed by atoms with E-state index in [4.69, 9.17) is 0 Å². The molecule has 0 radical (unpaired) electrons. The number of nitrogens with zero attached hydrogens (tertiary/aromatic N) is 2. The van der Waals surface area contributed by atoms with Gasteiger partial charge in [0.2, 0.25) is 0 Å². The summed E-state index contributed by atoms with van der Waals surface area (Å²) >= 11 is 0. The van der Waals surface area contributed by atoms with E-state index >= 15 is 0 Å². The Morgan fingerprint density at radius 2 is 1.93 bits per heavy atom. The van der Waals surface area contributed by atoms with Crippen LogP contribution in [0, 0.1) is 5.92 Å². The van der Waals surface area contributed by atoms with Crippen molar-refractivity contribution in [2.45, 2.75) is 25.3 Å². The normalized spacial score (nSPS) is 38.7. The minimum Gasteiger partial charge on any atom is -0.480 e. The monoisotopic (exact) mass is 212 g/mol. The Balaban J connectivity index is 2.09. The van der Waals surface area contributed by atoms with Gasteiger partial charge >= 0.3 is 5.97 Å². The number of likely N-dealkylation sites (N-methyl/N-ethyl adjacent to an activating group) is 1. The van der Waals surface area contributed by atoms with E-state index in [0.717, 1.165) is 39.0 Å². The van der Waals surface area contributed by atoms with Gasteiger partial charge in [0.05, 0.1) is 0 Å². The lowest BCUT2D eigenvalue weighted by atomic mass is 9.66. The second kappa shape index (κ2) is 3.76. The standard InChI is InChI=1S/C11H20N2O2/c1-9-3-4-11(9,10(14)15)13-7-5-12(2)6-8-13/h9H,3-8H2,1-2H3,(H,14,15). The molecular weight excluding hydrogens is 192 g/mol. The molecule has 2 fully saturated rings. The Labute approximate surface area is 90.9 Å². The lowest BCUT2D eigenvalue weighted by molar-refractivity contribution is -0.167. The first-order valence-electron chi connectivity index (χ1n) is 5.74. The molecule has 15 heavy (non-hydrogen) atoms. The van der Waals surface area contributed by atoms with Gasteiger partial charge in [-0.1, -0.05) is 6.92 Å². The molecule has 0 aromatic rings. The number of hydrogen-bond acceptors (Lipinski definition) is 3. The van der Waals surface area contributed by atoms with Crippen LogP contribution < -0.4 is 0 Å². The Hall–Kier alpha value is -0.610. The molecule has 1 N–H and O–H groups in total. The summed E-state index contributed by atoms with van der Waals surface area (Å²) in [6.07, 6.45) is 1.88. The fourth-order valence-corrected chi connectivity index (χ4v) is 2.83. The fourth-order valence-electron chi connectivity index (χ4n) is 2.83. The van der Waals surface area contributed by atoms with Crippen molar-refractivity contribution in [3.63, 3.8) is 0 Å². The lowest BCUT2D eigenvalue weighted by Crippen LogP contribution is -2.67. The number of hydrogen-bond donors (Lipinski definition) is 1. The SMILES string of the molecule is CC1CCC1(C(=O)O)N1CCN(C)CC1. The smallest absolute Gasteiger partial charge is 0.324 e. The summed E-state index contributed by atoms with van der Waals surface area (Å²) in [4.78, 5) is 15.9. The third-order valence-corrected chi connectivity index (χ3v) is 4.21. The molecular formula is C11H20N2O2. The molecule has 2 rings (SSSR count). The van der Waals surface area contributed by atoms with Crippen LogP contribution in [-0.4, -0.2) is 59.6 Å². The molecule has 0 spiro atoms. The van der Waals surface area contributed by atoms with Crippen LogP contribution in [0.15, 0.2) is 0 Å². The van der Waals surface area contributed by atoms with Gasteiger partial charge in [-0.15, -0.1) is 0 Å². The van der Waals surface area contributed by atoms with Gasteiger partial charge in [0, 0.05) is 26.2 Å². The van der Waals surface area contributed by atoms with E-state index < -0.39 is 11.5 Å². The van der Waals surface area contributed by atoms with E-state index in [1.807, 2.05) is 0 Å². The zero-order valence-corrected chi connectivity index (χ0v) is 9.57. The molecule has 1 heterocycles. The topological polar surface area (TPSA) is 43.8 Å². The van der Waals surface area contributed by atoms with Crippen molar-refractivity contribution in [1.82, 2.24) is 9.80 Å². The highest BCUT2D eigenvalue weighted by Gasteiger charge is 2.54. The number of carboxylic acids is 1. The minimum atomic E-state index is -0.620. The first-order chi connectivity index (χ1) is 7.07. The third kappa shape index (κ3) is 1.56. The molecule has 2 aliphatic rings. The highest BCUT2D eigenvalue weighted by molar-refractivity contribution is 5.80. The first kappa shape index (κ1) is 10.9. The molecule has 0 amide bonds. The highest BCUT2D eigenvalue weighted by atomic mass is 16.4. The van der Waals surface area contributed by atoms with E-state index in [1.165, 1.54) is 0 Å². The Bertz CT molecular complexity index is 261. The van der Waals surface area contributed by atoms with Gasteiger partial charge in [0.1, 0.15) is 5.54 Å². The maximum atomic E-state index is 11.4. The second-order valence-electron chi connectivity index (χ2n) is 4.96. The maximum absolute atomic E-state index is 11.4. The summed E-state index contributed by atoms with van der Waals surface area (Å²) in [6.45, 7) is 5.83. The Kier molecular flexibility index (Phi) is 2.73. The summed E-state index contributed by atoms with van der Waals surface area (Å²) in [5.74, 6) is -0.316. The van der Waals surface area contributed by atoms with Crippen molar-refractivity contribution >= 4 is 5.97 Å². The molecule has 0 aromatic carbocycles. The molecule has 86 valence electrons. The van der Waals surface area contributed by atoms with Crippen LogP contribution >= 0.6 is 0 Å². The number of aliphatic carboxylic acids is 1. The summed E-state index contributed by atoms with van der Waals surface area (Å²) < 4.78 is 0. The molecule has 2 atom stereocenters. The van der Waals surface area contributed by atoms with E-state index in [2.05, 4.69) is 23.8 Å². The molecule has 1 saturated heterocycles. The molecule has 0 bridgehead atoms. The zero-order valence-electron chi connectivity index (χ0n) is 9.57. The number of piperazine rings is 1. The van der Waals surface area contributed by atoms with Crippen molar-refractivity contribution in [3.8, 4) is 0 Å². The second-order valence-corrected chi connectivity index (χ2v) is 4.96. The minimum absolute atomic E-state index is 0.304. The van der Waals surface area contributed by atoms with Crippen LogP contribution in [0.3, 0.4) is 0 Å². The van der Waals surface area contributed by atoms with E-state index in [1.54, 1.807) is 0 Å². The van der Waals surface area contributed by atoms with Crippen molar-refractivity contribution in [1.29, 1.82) is 0 Å². The van der Waals surface area contributed by atoms with Gasteiger partial charge in [-0.2, -0.15) is 0 Å². The third-order valence-electron chi connectivity index (χ3n) is 4.21. The van der Waals surface area contributed by atoms with Crippen LogP contribution in [0.5, 0.6) is 0 Å². The van der Waals surface area contributed by atoms with Crippen molar-refractivity contribution in [2.75, 3.05) is 33.2 Å². The van der Waals surface area contributed by atoms with Gasteiger partial charge in [-0.05, 0) is 25.8 Å². The first-order valence-corrected chi connectivity index (χ1v) is 5.74. The van der Waals surface area contributed by atoms with E-state index in [9.17, 15) is 9.90 Å². The summed E-state index contributed by atoms with van der Waals surface area (Å²) in [5, 5.41) is 9.42. The number of rotatable bonds is 2. The van der Waals surface area contributed by atoms with Crippen LogP contribution in [-0.2, 0) is 4.79 Å². The van der Waals surface area contributed by atoms with Gasteiger partial charge in [-0.3, -0.25) is 9.69 Å². The van der Waals surface area contributed by atoms with Gasteiger partial charge in [-0.25, -0.2) is 0 Å². The van der Waals surface area contributed by atoms with E-state index in [0.29, 0.717) is 5.92 Å². The molecule has 4 nitrogen and oxygen atoms in total. The van der Waals surface area contributed by atoms with Gasteiger partial charge in [0.25, 0.3) is 0 Å². The summed E-state index contributed by atoms with van der Waals surface area (Å²) in [5.41, 5.74) is -0.540. The molecule has 2 unspecified atom stereocenters. The van der Waals surface area contributed by atoms with Crippen LogP contribution in [0.1, 0.15) is 19.8 Å². The zero-order chi connectivity index (χ0) is 11.1. The highest BCUT2D eigenvalue weighted by Crippen LogP contribution is 2.43. The fraction of sp³-hybridized carbons (Fsp3) is 0.909. The molecule has 1 aliphatic heterocycles. The number of carbonyl (C=O) groups is 1. The number of carboxylic acid groups (broad SMARTS) is 1. The Morgan fingerprint density at radius 1 is 1.33 bits per heavy atom. The van der Waals surface area contributed by atoms with E-state index in [-0.39, 0.29) is 0 Å².